The van der Waals surface area contributed by atoms with E-state index < -0.39 is 0 Å². The largest absolute Gasteiger partial charge is 0.367 e. The molecule has 2 N–H and O–H groups in total. The highest BCUT2D eigenvalue weighted by atomic mass is 32.1. The molecule has 0 aromatic carbocycles. The summed E-state index contributed by atoms with van der Waals surface area (Å²) < 4.78 is 2.05. The van der Waals surface area contributed by atoms with Crippen molar-refractivity contribution in [3.05, 3.63) is 47.5 Å². The minimum Gasteiger partial charge on any atom is -0.367 e. The summed E-state index contributed by atoms with van der Waals surface area (Å²) in [5.74, 6) is 0. The lowest BCUT2D eigenvalue weighted by Gasteiger charge is -1.99. The third-order valence-corrected chi connectivity index (χ3v) is 3.21. The second kappa shape index (κ2) is 4.11. The molecule has 82 valence electrons. The van der Waals surface area contributed by atoms with Crippen LogP contribution in [0.15, 0.2) is 36.2 Å². The fourth-order valence-electron chi connectivity index (χ4n) is 1.66. The summed E-state index contributed by atoms with van der Waals surface area (Å²) in [5, 5.41) is 5.40. The van der Waals surface area contributed by atoms with Gasteiger partial charge >= 0.3 is 0 Å². The Balaban J connectivity index is 1.61. The molecule has 0 aliphatic carbocycles. The first kappa shape index (κ1) is 9.62. The summed E-state index contributed by atoms with van der Waals surface area (Å²) in [6.07, 6.45) is 8.03. The standard InChI is InChI=1S/C11H12N4S/c1-2-12-5-9(1)6-13-7-10-8-15-3-4-16-11(15)14-10/h1-5,8,12-13H,6-7H2. The molecule has 0 amide bonds. The molecule has 3 heterocycles. The van der Waals surface area contributed by atoms with Gasteiger partial charge < -0.3 is 10.3 Å². The van der Waals surface area contributed by atoms with Crippen LogP contribution in [0.2, 0.25) is 0 Å². The predicted octanol–water partition coefficient (Wildman–Crippen LogP) is 2.01. The number of nitrogens with zero attached hydrogens (tertiary/aromatic N) is 2. The fraction of sp³-hybridized carbons (Fsp3) is 0.182. The van der Waals surface area contributed by atoms with Crippen molar-refractivity contribution in [2.75, 3.05) is 0 Å². The van der Waals surface area contributed by atoms with Gasteiger partial charge in [-0.3, -0.25) is 4.40 Å². The molecule has 0 fully saturated rings. The van der Waals surface area contributed by atoms with Gasteiger partial charge in [0.1, 0.15) is 0 Å². The summed E-state index contributed by atoms with van der Waals surface area (Å²) in [4.78, 5) is 8.59. The number of nitrogens with one attached hydrogen (secondary N) is 2. The molecule has 0 unspecified atom stereocenters. The highest BCUT2D eigenvalue weighted by Gasteiger charge is 2.01. The molecule has 4 nitrogen and oxygen atoms in total. The topological polar surface area (TPSA) is 45.1 Å². The van der Waals surface area contributed by atoms with Crippen molar-refractivity contribution >= 4 is 16.3 Å². The van der Waals surface area contributed by atoms with E-state index in [1.54, 1.807) is 11.3 Å². The lowest BCUT2D eigenvalue weighted by Crippen LogP contribution is -2.12. The van der Waals surface area contributed by atoms with E-state index in [0.29, 0.717) is 0 Å². The molecule has 0 saturated carbocycles. The molecule has 5 heteroatoms. The van der Waals surface area contributed by atoms with Gasteiger partial charge in [0.05, 0.1) is 5.69 Å². The first-order valence-corrected chi connectivity index (χ1v) is 6.03. The van der Waals surface area contributed by atoms with Crippen LogP contribution in [-0.2, 0) is 13.1 Å². The Morgan fingerprint density at radius 3 is 3.25 bits per heavy atom. The van der Waals surface area contributed by atoms with Gasteiger partial charge in [-0.15, -0.1) is 11.3 Å². The zero-order valence-corrected chi connectivity index (χ0v) is 9.50. The Bertz CT molecular complexity index is 535. The van der Waals surface area contributed by atoms with E-state index in [9.17, 15) is 0 Å². The third-order valence-electron chi connectivity index (χ3n) is 2.44. The zero-order valence-electron chi connectivity index (χ0n) is 8.68. The molecular formula is C11H12N4S. The van der Waals surface area contributed by atoms with Gasteiger partial charge in [0.25, 0.3) is 0 Å². The number of aromatic amines is 1. The van der Waals surface area contributed by atoms with Crippen molar-refractivity contribution in [1.82, 2.24) is 19.7 Å². The third kappa shape index (κ3) is 1.87. The van der Waals surface area contributed by atoms with Crippen LogP contribution >= 0.6 is 11.3 Å². The van der Waals surface area contributed by atoms with Crippen LogP contribution in [-0.4, -0.2) is 14.4 Å². The average Bonchev–Trinajstić information content (AvgIpc) is 2.91. The number of H-pyrrole nitrogens is 1. The Kier molecular flexibility index (Phi) is 2.47. The number of imidazole rings is 1. The number of hydrogen-bond acceptors (Lipinski definition) is 3. The zero-order chi connectivity index (χ0) is 10.8. The predicted molar refractivity (Wildman–Crippen MR) is 64.4 cm³/mol. The van der Waals surface area contributed by atoms with Gasteiger partial charge in [0.2, 0.25) is 0 Å². The smallest absolute Gasteiger partial charge is 0.193 e. The molecule has 0 spiro atoms. The van der Waals surface area contributed by atoms with Crippen molar-refractivity contribution in [1.29, 1.82) is 0 Å². The molecule has 3 rings (SSSR count). The van der Waals surface area contributed by atoms with Crippen LogP contribution < -0.4 is 5.32 Å². The van der Waals surface area contributed by atoms with Crippen LogP contribution in [0.3, 0.4) is 0 Å². The van der Waals surface area contributed by atoms with E-state index in [0.717, 1.165) is 23.7 Å². The Labute approximate surface area is 97.0 Å². The van der Waals surface area contributed by atoms with Crippen molar-refractivity contribution < 1.29 is 0 Å². The molecule has 0 saturated heterocycles. The van der Waals surface area contributed by atoms with Crippen LogP contribution in [0.5, 0.6) is 0 Å². The normalized spacial score (nSPS) is 11.2. The minimum atomic E-state index is 0.805. The Morgan fingerprint density at radius 1 is 1.44 bits per heavy atom. The summed E-state index contributed by atoms with van der Waals surface area (Å²) in [7, 11) is 0. The lowest BCUT2D eigenvalue weighted by atomic mass is 10.3. The number of fused-ring (bicyclic) bond motifs is 1. The molecule has 0 aliphatic rings. The summed E-state index contributed by atoms with van der Waals surface area (Å²) in [5.41, 5.74) is 2.35. The molecule has 0 atom stereocenters. The van der Waals surface area contributed by atoms with Gasteiger partial charge in [-0.05, 0) is 11.6 Å². The molecule has 3 aromatic heterocycles. The highest BCUT2D eigenvalue weighted by molar-refractivity contribution is 7.15. The van der Waals surface area contributed by atoms with Gasteiger partial charge in [-0.25, -0.2) is 4.98 Å². The number of rotatable bonds is 4. The highest BCUT2D eigenvalue weighted by Crippen LogP contribution is 2.11. The van der Waals surface area contributed by atoms with E-state index in [1.165, 1.54) is 5.56 Å². The number of thiazole rings is 1. The lowest BCUT2D eigenvalue weighted by molar-refractivity contribution is 0.683. The minimum absolute atomic E-state index is 0.805. The summed E-state index contributed by atoms with van der Waals surface area (Å²) >= 11 is 1.66. The van der Waals surface area contributed by atoms with Crippen LogP contribution in [0, 0.1) is 0 Å². The van der Waals surface area contributed by atoms with Crippen LogP contribution in [0.4, 0.5) is 0 Å². The second-order valence-corrected chi connectivity index (χ2v) is 4.52. The first-order valence-electron chi connectivity index (χ1n) is 5.15. The summed E-state index contributed by atoms with van der Waals surface area (Å²) in [6, 6.07) is 2.07. The quantitative estimate of drug-likeness (QED) is 0.722. The van der Waals surface area contributed by atoms with Crippen LogP contribution in [0.25, 0.3) is 4.96 Å². The van der Waals surface area contributed by atoms with Crippen LogP contribution in [0.1, 0.15) is 11.3 Å². The van der Waals surface area contributed by atoms with Gasteiger partial charge in [-0.1, -0.05) is 0 Å². The van der Waals surface area contributed by atoms with E-state index >= 15 is 0 Å². The monoisotopic (exact) mass is 232 g/mol. The average molecular weight is 232 g/mol. The number of aromatic nitrogens is 3. The molecular weight excluding hydrogens is 220 g/mol. The number of hydrogen-bond donors (Lipinski definition) is 2. The molecule has 0 radical (unpaired) electrons. The maximum absolute atomic E-state index is 4.50. The first-order chi connectivity index (χ1) is 7.92. The molecule has 16 heavy (non-hydrogen) atoms. The van der Waals surface area contributed by atoms with Gasteiger partial charge in [0.15, 0.2) is 4.96 Å². The van der Waals surface area contributed by atoms with Crippen molar-refractivity contribution in [2.45, 2.75) is 13.1 Å². The van der Waals surface area contributed by atoms with E-state index in [-0.39, 0.29) is 0 Å². The molecule has 0 aliphatic heterocycles. The molecule has 0 bridgehead atoms. The Morgan fingerprint density at radius 2 is 2.44 bits per heavy atom. The maximum Gasteiger partial charge on any atom is 0.193 e. The SMILES string of the molecule is c1cc(CNCc2cn3ccsc3n2)c[nH]1. The maximum atomic E-state index is 4.50. The van der Waals surface area contributed by atoms with Crippen molar-refractivity contribution in [2.24, 2.45) is 0 Å². The van der Waals surface area contributed by atoms with Crippen molar-refractivity contribution in [3.63, 3.8) is 0 Å². The Hall–Kier alpha value is -1.59. The van der Waals surface area contributed by atoms with Crippen molar-refractivity contribution in [3.8, 4) is 0 Å². The van der Waals surface area contributed by atoms with Gasteiger partial charge in [0, 0.05) is 43.3 Å². The van der Waals surface area contributed by atoms with E-state index in [1.807, 2.05) is 24.0 Å². The van der Waals surface area contributed by atoms with Gasteiger partial charge in [-0.2, -0.15) is 0 Å². The van der Waals surface area contributed by atoms with E-state index in [4.69, 9.17) is 0 Å². The summed E-state index contributed by atoms with van der Waals surface area (Å²) in [6.45, 7) is 1.67. The second-order valence-electron chi connectivity index (χ2n) is 3.65. The fourth-order valence-corrected chi connectivity index (χ4v) is 2.38. The molecule has 3 aromatic rings. The van der Waals surface area contributed by atoms with E-state index in [2.05, 4.69) is 31.9 Å².